The summed E-state index contributed by atoms with van der Waals surface area (Å²) in [5, 5.41) is 2.50. The Morgan fingerprint density at radius 3 is 2.66 bits per heavy atom. The average molecular weight is 399 g/mol. The largest absolute Gasteiger partial charge is 0.325 e. The first-order valence-electron chi connectivity index (χ1n) is 9.29. The number of carbonyl (C=O) groups excluding carboxylic acids is 3. The van der Waals surface area contributed by atoms with Crippen molar-refractivity contribution >= 4 is 23.5 Å². The highest BCUT2D eigenvalue weighted by Gasteiger charge is 2.50. The molecule has 150 valence electrons. The first kappa shape index (κ1) is 19.0. The molecule has 4 rings (SSSR count). The van der Waals surface area contributed by atoms with E-state index >= 15 is 0 Å². The summed E-state index contributed by atoms with van der Waals surface area (Å²) in [6.45, 7) is 1.47. The van der Waals surface area contributed by atoms with Crippen molar-refractivity contribution in [2.24, 2.45) is 0 Å². The van der Waals surface area contributed by atoms with Crippen LogP contribution in [0.5, 0.6) is 0 Å². The Hall–Kier alpha value is -3.29. The quantitative estimate of drug-likeness (QED) is 0.807. The fourth-order valence-corrected chi connectivity index (χ4v) is 3.86. The highest BCUT2D eigenvalue weighted by atomic mass is 19.2. The van der Waals surface area contributed by atoms with Crippen LogP contribution in [0.15, 0.2) is 42.5 Å². The summed E-state index contributed by atoms with van der Waals surface area (Å²) in [7, 11) is 0. The summed E-state index contributed by atoms with van der Waals surface area (Å²) in [6.07, 6.45) is 1.65. The van der Waals surface area contributed by atoms with Crippen LogP contribution in [0.25, 0.3) is 0 Å². The molecule has 29 heavy (non-hydrogen) atoms. The van der Waals surface area contributed by atoms with E-state index in [0.717, 1.165) is 41.1 Å². The van der Waals surface area contributed by atoms with E-state index in [9.17, 15) is 23.2 Å². The zero-order valence-electron chi connectivity index (χ0n) is 15.7. The highest BCUT2D eigenvalue weighted by molar-refractivity contribution is 6.10. The lowest BCUT2D eigenvalue weighted by atomic mass is 9.92. The number of aryl methyl sites for hydroxylation is 1. The number of benzene rings is 2. The Bertz CT molecular complexity index is 1030. The SMILES string of the molecule is CC1(c2ccc(F)c(F)c2)NC(=O)N(CC(=O)N2CCCc3ccccc32)C1=O. The number of urea groups is 1. The second-order valence-corrected chi connectivity index (χ2v) is 7.35. The number of fused-ring (bicyclic) bond motifs is 1. The molecule has 1 saturated heterocycles. The molecule has 2 aliphatic rings. The Morgan fingerprint density at radius 2 is 1.90 bits per heavy atom. The molecule has 0 bridgehead atoms. The standard InChI is InChI=1S/C21H19F2N3O3/c1-21(14-8-9-15(22)16(23)11-14)19(28)26(20(29)24-21)12-18(27)25-10-4-6-13-5-2-3-7-17(13)25/h2-3,5,7-9,11H,4,6,10,12H2,1H3,(H,24,29). The maximum atomic E-state index is 13.6. The number of amides is 4. The van der Waals surface area contributed by atoms with E-state index in [1.165, 1.54) is 13.0 Å². The first-order valence-corrected chi connectivity index (χ1v) is 9.29. The van der Waals surface area contributed by atoms with E-state index < -0.39 is 35.7 Å². The average Bonchev–Trinajstić information content (AvgIpc) is 2.93. The van der Waals surface area contributed by atoms with Gasteiger partial charge in [0.15, 0.2) is 11.6 Å². The predicted molar refractivity (Wildman–Crippen MR) is 101 cm³/mol. The molecule has 8 heteroatoms. The highest BCUT2D eigenvalue weighted by Crippen LogP contribution is 2.31. The van der Waals surface area contributed by atoms with E-state index in [-0.39, 0.29) is 11.5 Å². The van der Waals surface area contributed by atoms with Crippen molar-refractivity contribution in [3.8, 4) is 0 Å². The summed E-state index contributed by atoms with van der Waals surface area (Å²) in [5.41, 5.74) is 0.342. The molecule has 2 aliphatic heterocycles. The zero-order valence-corrected chi connectivity index (χ0v) is 15.7. The number of nitrogens with one attached hydrogen (secondary N) is 1. The summed E-state index contributed by atoms with van der Waals surface area (Å²) < 4.78 is 26.9. The lowest BCUT2D eigenvalue weighted by molar-refractivity contribution is -0.134. The molecule has 1 atom stereocenters. The summed E-state index contributed by atoms with van der Waals surface area (Å²) in [4.78, 5) is 40.7. The Kier molecular flexibility index (Phi) is 4.56. The molecule has 1 unspecified atom stereocenters. The van der Waals surface area contributed by atoms with Crippen molar-refractivity contribution in [2.45, 2.75) is 25.3 Å². The van der Waals surface area contributed by atoms with Gasteiger partial charge in [0.25, 0.3) is 5.91 Å². The molecule has 0 saturated carbocycles. The van der Waals surface area contributed by atoms with Gasteiger partial charge < -0.3 is 10.2 Å². The number of carbonyl (C=O) groups is 3. The second kappa shape index (κ2) is 6.95. The van der Waals surface area contributed by atoms with Crippen LogP contribution >= 0.6 is 0 Å². The van der Waals surface area contributed by atoms with Crippen molar-refractivity contribution < 1.29 is 23.2 Å². The Balaban J connectivity index is 1.57. The van der Waals surface area contributed by atoms with Gasteiger partial charge in [-0.05, 0) is 49.1 Å². The molecule has 1 fully saturated rings. The molecule has 0 aliphatic carbocycles. The Morgan fingerprint density at radius 1 is 1.14 bits per heavy atom. The third-order valence-electron chi connectivity index (χ3n) is 5.48. The van der Waals surface area contributed by atoms with Crippen LogP contribution in [0.4, 0.5) is 19.3 Å². The minimum Gasteiger partial charge on any atom is -0.319 e. The van der Waals surface area contributed by atoms with Gasteiger partial charge in [-0.25, -0.2) is 13.6 Å². The van der Waals surface area contributed by atoms with Crippen molar-refractivity contribution in [3.05, 3.63) is 65.2 Å². The van der Waals surface area contributed by atoms with Gasteiger partial charge in [0.1, 0.15) is 12.1 Å². The van der Waals surface area contributed by atoms with Crippen LogP contribution in [0.2, 0.25) is 0 Å². The van der Waals surface area contributed by atoms with Crippen LogP contribution in [0, 0.1) is 11.6 Å². The lowest BCUT2D eigenvalue weighted by Crippen LogP contribution is -2.46. The van der Waals surface area contributed by atoms with Gasteiger partial charge in [-0.1, -0.05) is 24.3 Å². The summed E-state index contributed by atoms with van der Waals surface area (Å²) in [6, 6.07) is 9.78. The van der Waals surface area contributed by atoms with Gasteiger partial charge in [0.2, 0.25) is 5.91 Å². The third-order valence-corrected chi connectivity index (χ3v) is 5.48. The predicted octanol–water partition coefficient (Wildman–Crippen LogP) is 2.71. The van der Waals surface area contributed by atoms with Crippen LogP contribution in [-0.2, 0) is 21.5 Å². The number of imide groups is 1. The van der Waals surface area contributed by atoms with Crippen LogP contribution in [0.1, 0.15) is 24.5 Å². The van der Waals surface area contributed by atoms with Gasteiger partial charge in [0, 0.05) is 12.2 Å². The molecule has 2 heterocycles. The molecular weight excluding hydrogens is 380 g/mol. The van der Waals surface area contributed by atoms with Crippen LogP contribution < -0.4 is 10.2 Å². The number of para-hydroxylation sites is 1. The first-order chi connectivity index (χ1) is 13.8. The van der Waals surface area contributed by atoms with Crippen LogP contribution in [0.3, 0.4) is 0 Å². The number of rotatable bonds is 3. The van der Waals surface area contributed by atoms with Gasteiger partial charge in [-0.3, -0.25) is 14.5 Å². The van der Waals surface area contributed by atoms with E-state index in [1.807, 2.05) is 24.3 Å². The van der Waals surface area contributed by atoms with Crippen molar-refractivity contribution in [3.63, 3.8) is 0 Å². The maximum absolute atomic E-state index is 13.6. The zero-order chi connectivity index (χ0) is 20.8. The molecule has 4 amide bonds. The molecule has 6 nitrogen and oxygen atoms in total. The topological polar surface area (TPSA) is 69.7 Å². The number of anilines is 1. The fourth-order valence-electron chi connectivity index (χ4n) is 3.86. The van der Waals surface area contributed by atoms with E-state index in [2.05, 4.69) is 5.32 Å². The van der Waals surface area contributed by atoms with E-state index in [4.69, 9.17) is 0 Å². The van der Waals surface area contributed by atoms with E-state index in [1.54, 1.807) is 4.90 Å². The molecule has 0 radical (unpaired) electrons. The van der Waals surface area contributed by atoms with Gasteiger partial charge >= 0.3 is 6.03 Å². The molecule has 2 aromatic rings. The number of hydrogen-bond donors (Lipinski definition) is 1. The van der Waals surface area contributed by atoms with Crippen molar-refractivity contribution in [1.29, 1.82) is 0 Å². The smallest absolute Gasteiger partial charge is 0.319 e. The number of nitrogens with zero attached hydrogens (tertiary/aromatic N) is 2. The number of halogens is 2. The minimum atomic E-state index is -1.58. The minimum absolute atomic E-state index is 0.105. The maximum Gasteiger partial charge on any atom is 0.325 e. The van der Waals surface area contributed by atoms with E-state index in [0.29, 0.717) is 6.54 Å². The van der Waals surface area contributed by atoms with Gasteiger partial charge in [-0.2, -0.15) is 0 Å². The van der Waals surface area contributed by atoms with Gasteiger partial charge in [0.05, 0.1) is 0 Å². The number of hydrogen-bond acceptors (Lipinski definition) is 3. The van der Waals surface area contributed by atoms with Crippen molar-refractivity contribution in [2.75, 3.05) is 18.0 Å². The monoisotopic (exact) mass is 399 g/mol. The van der Waals surface area contributed by atoms with Gasteiger partial charge in [-0.15, -0.1) is 0 Å². The summed E-state index contributed by atoms with van der Waals surface area (Å²) >= 11 is 0. The second-order valence-electron chi connectivity index (χ2n) is 7.35. The third kappa shape index (κ3) is 3.14. The molecule has 2 aromatic carbocycles. The summed E-state index contributed by atoms with van der Waals surface area (Å²) in [5.74, 6) is -3.24. The molecule has 0 aromatic heterocycles. The fraction of sp³-hybridized carbons (Fsp3) is 0.286. The lowest BCUT2D eigenvalue weighted by Gasteiger charge is -2.30. The normalized spacial score (nSPS) is 21.2. The molecular formula is C21H19F2N3O3. The van der Waals surface area contributed by atoms with Crippen LogP contribution in [-0.4, -0.2) is 35.8 Å². The molecule has 1 N–H and O–H groups in total. The van der Waals surface area contributed by atoms with Crippen molar-refractivity contribution in [1.82, 2.24) is 10.2 Å². The molecule has 0 spiro atoms. The Labute approximate surface area is 166 Å².